The molecule has 108 valence electrons. The Bertz CT molecular complexity index is 608. The zero-order chi connectivity index (χ0) is 14.5. The van der Waals surface area contributed by atoms with Crippen molar-refractivity contribution >= 4 is 5.91 Å². The van der Waals surface area contributed by atoms with Gasteiger partial charge in [-0.2, -0.15) is 0 Å². The molecule has 1 aromatic rings. The maximum absolute atomic E-state index is 12.6. The van der Waals surface area contributed by atoms with Gasteiger partial charge < -0.3 is 15.3 Å². The van der Waals surface area contributed by atoms with Crippen molar-refractivity contribution in [1.82, 2.24) is 15.2 Å². The molecule has 2 aliphatic heterocycles. The molecule has 0 aliphatic carbocycles. The topological polar surface area (TPSA) is 85.4 Å². The van der Waals surface area contributed by atoms with E-state index in [1.54, 1.807) is 0 Å². The average Bonchev–Trinajstić information content (AvgIpc) is 2.90. The molecular weight excluding hydrogens is 258 g/mol. The van der Waals surface area contributed by atoms with Gasteiger partial charge >= 0.3 is 0 Å². The Morgan fingerprint density at radius 3 is 2.80 bits per heavy atom. The van der Waals surface area contributed by atoms with Crippen molar-refractivity contribution in [2.24, 2.45) is 11.8 Å². The van der Waals surface area contributed by atoms with Gasteiger partial charge in [-0.15, -0.1) is 0 Å². The number of aromatic hydroxyl groups is 1. The molecule has 1 aromatic heterocycles. The highest BCUT2D eigenvalue weighted by Crippen LogP contribution is 2.41. The van der Waals surface area contributed by atoms with Gasteiger partial charge in [0, 0.05) is 37.3 Å². The molecular formula is C14H19N3O3. The number of nitrogens with one attached hydrogen (secondary N) is 2. The molecule has 2 fully saturated rings. The maximum Gasteiger partial charge on any atom is 0.254 e. The van der Waals surface area contributed by atoms with E-state index in [9.17, 15) is 14.7 Å². The van der Waals surface area contributed by atoms with Gasteiger partial charge in [0.1, 0.15) is 0 Å². The van der Waals surface area contributed by atoms with E-state index in [1.165, 1.54) is 12.1 Å². The largest absolute Gasteiger partial charge is 0.494 e. The third-order valence-corrected chi connectivity index (χ3v) is 4.68. The summed E-state index contributed by atoms with van der Waals surface area (Å²) < 4.78 is 0. The summed E-state index contributed by atoms with van der Waals surface area (Å²) in [7, 11) is 0. The number of nitrogens with zero attached hydrogens (tertiary/aromatic N) is 1. The molecule has 0 saturated carbocycles. The normalized spacial score (nSPS) is 27.6. The van der Waals surface area contributed by atoms with Gasteiger partial charge in [0.15, 0.2) is 5.88 Å². The highest BCUT2D eigenvalue weighted by molar-refractivity contribution is 5.95. The smallest absolute Gasteiger partial charge is 0.254 e. The Morgan fingerprint density at radius 2 is 2.15 bits per heavy atom. The second-order valence-corrected chi connectivity index (χ2v) is 6.21. The molecule has 2 saturated heterocycles. The van der Waals surface area contributed by atoms with Gasteiger partial charge in [-0.05, 0) is 25.7 Å². The van der Waals surface area contributed by atoms with Crippen molar-refractivity contribution in [3.8, 4) is 5.88 Å². The number of H-pyrrole nitrogens is 1. The number of aromatic amines is 1. The van der Waals surface area contributed by atoms with Crippen LogP contribution in [0.5, 0.6) is 5.88 Å². The van der Waals surface area contributed by atoms with E-state index in [0.717, 1.165) is 13.1 Å². The maximum atomic E-state index is 12.6. The van der Waals surface area contributed by atoms with Crippen molar-refractivity contribution in [2.45, 2.75) is 19.4 Å². The van der Waals surface area contributed by atoms with Crippen molar-refractivity contribution in [3.63, 3.8) is 0 Å². The van der Waals surface area contributed by atoms with Crippen molar-refractivity contribution in [2.75, 3.05) is 19.6 Å². The summed E-state index contributed by atoms with van der Waals surface area (Å²) in [6, 6.07) is 2.55. The van der Waals surface area contributed by atoms with Crippen molar-refractivity contribution in [3.05, 3.63) is 28.0 Å². The molecule has 3 heterocycles. The number of amides is 1. The predicted octanol–water partition coefficient (Wildman–Crippen LogP) is 0.150. The van der Waals surface area contributed by atoms with E-state index in [-0.39, 0.29) is 22.9 Å². The minimum absolute atomic E-state index is 0.189. The van der Waals surface area contributed by atoms with Gasteiger partial charge in [0.05, 0.1) is 5.56 Å². The predicted molar refractivity (Wildman–Crippen MR) is 73.7 cm³/mol. The van der Waals surface area contributed by atoms with E-state index in [0.29, 0.717) is 18.4 Å². The fourth-order valence-corrected chi connectivity index (χ4v) is 3.57. The average molecular weight is 277 g/mol. The fourth-order valence-electron chi connectivity index (χ4n) is 3.57. The highest BCUT2D eigenvalue weighted by atomic mass is 16.3. The van der Waals surface area contributed by atoms with Gasteiger partial charge in [-0.1, -0.05) is 0 Å². The molecule has 6 heteroatoms. The Labute approximate surface area is 116 Å². The van der Waals surface area contributed by atoms with E-state index in [1.807, 2.05) is 4.90 Å². The molecule has 1 amide bonds. The van der Waals surface area contributed by atoms with Crippen LogP contribution in [0.1, 0.15) is 24.2 Å². The van der Waals surface area contributed by atoms with Crippen molar-refractivity contribution < 1.29 is 9.90 Å². The Morgan fingerprint density at radius 1 is 1.40 bits per heavy atom. The quantitative estimate of drug-likeness (QED) is 0.682. The number of hydrogen-bond acceptors (Lipinski definition) is 4. The van der Waals surface area contributed by atoms with Crippen molar-refractivity contribution in [1.29, 1.82) is 0 Å². The van der Waals surface area contributed by atoms with Crippen LogP contribution in [0.25, 0.3) is 0 Å². The van der Waals surface area contributed by atoms with Crippen LogP contribution in [0.4, 0.5) is 0 Å². The molecule has 2 atom stereocenters. The lowest BCUT2D eigenvalue weighted by Crippen LogP contribution is -2.47. The molecule has 0 radical (unpaired) electrons. The lowest BCUT2D eigenvalue weighted by atomic mass is 9.84. The van der Waals surface area contributed by atoms with E-state index >= 15 is 0 Å². The first-order valence-corrected chi connectivity index (χ1v) is 6.85. The lowest BCUT2D eigenvalue weighted by molar-refractivity contribution is 0.0602. The molecule has 0 aromatic carbocycles. The summed E-state index contributed by atoms with van der Waals surface area (Å²) in [4.78, 5) is 28.1. The summed E-state index contributed by atoms with van der Waals surface area (Å²) >= 11 is 0. The standard InChI is InChI=1S/C14H19N3O3/c1-14(2)10-6-15-5-9(10)7-17(14)13(20)8-3-11(18)16-12(19)4-8/h3-4,9-10,15H,5-7H2,1-2H3,(H2,16,18,19). The lowest BCUT2D eigenvalue weighted by Gasteiger charge is -2.35. The molecule has 2 aliphatic rings. The molecule has 6 nitrogen and oxygen atoms in total. The Kier molecular flexibility index (Phi) is 2.86. The minimum Gasteiger partial charge on any atom is -0.494 e. The van der Waals surface area contributed by atoms with Crippen LogP contribution >= 0.6 is 0 Å². The molecule has 3 rings (SSSR count). The van der Waals surface area contributed by atoms with Crippen LogP contribution in [-0.2, 0) is 0 Å². The first-order chi connectivity index (χ1) is 9.39. The van der Waals surface area contributed by atoms with E-state index < -0.39 is 5.56 Å². The number of carbonyl (C=O) groups excluding carboxylic acids is 1. The van der Waals surface area contributed by atoms with Crippen LogP contribution in [0.2, 0.25) is 0 Å². The number of aromatic nitrogens is 1. The Balaban J connectivity index is 1.93. The molecule has 3 N–H and O–H groups in total. The van der Waals surface area contributed by atoms with Crippen LogP contribution in [0.15, 0.2) is 16.9 Å². The first-order valence-electron chi connectivity index (χ1n) is 6.85. The number of rotatable bonds is 1. The molecule has 0 bridgehead atoms. The van der Waals surface area contributed by atoms with Crippen LogP contribution < -0.4 is 10.9 Å². The number of pyridine rings is 1. The number of carbonyl (C=O) groups is 1. The monoisotopic (exact) mass is 277 g/mol. The Hall–Kier alpha value is -1.82. The zero-order valence-corrected chi connectivity index (χ0v) is 11.6. The number of hydrogen-bond donors (Lipinski definition) is 3. The number of likely N-dealkylation sites (tertiary alicyclic amines) is 1. The fraction of sp³-hybridized carbons (Fsp3) is 0.571. The molecule has 20 heavy (non-hydrogen) atoms. The number of fused-ring (bicyclic) bond motifs is 1. The van der Waals surface area contributed by atoms with Crippen LogP contribution in [-0.4, -0.2) is 46.1 Å². The minimum atomic E-state index is -0.466. The zero-order valence-electron chi connectivity index (χ0n) is 11.6. The van der Waals surface area contributed by atoms with E-state index in [4.69, 9.17) is 0 Å². The SMILES string of the molecule is CC1(C)C2CNCC2CN1C(=O)c1cc(O)[nH]c(=O)c1. The molecule has 2 unspecified atom stereocenters. The van der Waals surface area contributed by atoms with Gasteiger partial charge in [-0.3, -0.25) is 14.6 Å². The summed E-state index contributed by atoms with van der Waals surface area (Å²) in [5, 5.41) is 12.8. The van der Waals surface area contributed by atoms with Crippen LogP contribution in [0, 0.1) is 11.8 Å². The van der Waals surface area contributed by atoms with Crippen LogP contribution in [0.3, 0.4) is 0 Å². The highest BCUT2D eigenvalue weighted by Gasteiger charge is 2.51. The second kappa shape index (κ2) is 4.34. The first kappa shape index (κ1) is 13.2. The molecule has 0 spiro atoms. The van der Waals surface area contributed by atoms with Gasteiger partial charge in [0.2, 0.25) is 0 Å². The third-order valence-electron chi connectivity index (χ3n) is 4.68. The van der Waals surface area contributed by atoms with E-state index in [2.05, 4.69) is 24.1 Å². The van der Waals surface area contributed by atoms with Gasteiger partial charge in [-0.25, -0.2) is 0 Å². The summed E-state index contributed by atoms with van der Waals surface area (Å²) in [6.45, 7) is 6.67. The van der Waals surface area contributed by atoms with Gasteiger partial charge in [0.25, 0.3) is 11.5 Å². The summed E-state index contributed by atoms with van der Waals surface area (Å²) in [5.41, 5.74) is -0.469. The summed E-state index contributed by atoms with van der Waals surface area (Å²) in [6.07, 6.45) is 0. The second-order valence-electron chi connectivity index (χ2n) is 6.21. The summed E-state index contributed by atoms with van der Waals surface area (Å²) in [5.74, 6) is 0.428. The third kappa shape index (κ3) is 1.91.